The lowest BCUT2D eigenvalue weighted by Gasteiger charge is -2.15. The van der Waals surface area contributed by atoms with Crippen molar-refractivity contribution in [3.05, 3.63) is 75.1 Å². The maximum absolute atomic E-state index is 12.2. The van der Waals surface area contributed by atoms with Crippen LogP contribution in [-0.2, 0) is 11.3 Å². The summed E-state index contributed by atoms with van der Waals surface area (Å²) in [7, 11) is 0. The van der Waals surface area contributed by atoms with Crippen LogP contribution in [0.25, 0.3) is 10.8 Å². The molecule has 146 valence electrons. The molecule has 0 saturated carbocycles. The van der Waals surface area contributed by atoms with Crippen LogP contribution >= 0.6 is 0 Å². The number of nitrogens with one attached hydrogen (secondary N) is 1. The van der Waals surface area contributed by atoms with E-state index in [1.807, 2.05) is 42.5 Å². The zero-order valence-corrected chi connectivity index (χ0v) is 14.9. The normalized spacial score (nSPS) is 21.9. The van der Waals surface area contributed by atoms with E-state index < -0.39 is 29.7 Å². The van der Waals surface area contributed by atoms with Gasteiger partial charge in [-0.15, -0.1) is 0 Å². The molecule has 8 heteroatoms. The van der Waals surface area contributed by atoms with Gasteiger partial charge in [0.25, 0.3) is 5.56 Å². The lowest BCUT2D eigenvalue weighted by molar-refractivity contribution is -0.0460. The summed E-state index contributed by atoms with van der Waals surface area (Å²) >= 11 is 0. The summed E-state index contributed by atoms with van der Waals surface area (Å²) in [4.78, 5) is 26.6. The third-order valence-electron chi connectivity index (χ3n) is 4.87. The zero-order valence-electron chi connectivity index (χ0n) is 14.9. The highest BCUT2D eigenvalue weighted by Gasteiger charge is 2.35. The number of hydrogen-bond donors (Lipinski definition) is 3. The number of benzene rings is 2. The fourth-order valence-electron chi connectivity index (χ4n) is 3.37. The molecular weight excluding hydrogens is 364 g/mol. The number of rotatable bonds is 5. The Morgan fingerprint density at radius 2 is 1.96 bits per heavy atom. The molecule has 1 saturated heterocycles. The van der Waals surface area contributed by atoms with E-state index in [-0.39, 0.29) is 25.2 Å². The summed E-state index contributed by atoms with van der Waals surface area (Å²) in [5.74, 6) is 0.628. The highest BCUT2D eigenvalue weighted by Crippen LogP contribution is 2.28. The molecule has 28 heavy (non-hydrogen) atoms. The average Bonchev–Trinajstić information content (AvgIpc) is 3.07. The first-order chi connectivity index (χ1) is 13.6. The first kappa shape index (κ1) is 18.4. The molecule has 1 aliphatic heterocycles. The number of nitrogens with zero attached hydrogens (tertiary/aromatic N) is 1. The standard InChI is InChI=1S/C20H20N2O6/c23-10-17-15(24)8-18(28-17)22-9-13(19(25)21-20(22)26)11-27-16-7-3-5-12-4-1-2-6-14(12)16/h1-7,9,15,17-18,23-24H,8,10-11H2,(H,21,25,26)/t15-,17+,18+/m0/s1. The van der Waals surface area contributed by atoms with Gasteiger partial charge in [0.1, 0.15) is 24.7 Å². The quantitative estimate of drug-likeness (QED) is 0.603. The Bertz CT molecular complexity index is 1100. The summed E-state index contributed by atoms with van der Waals surface area (Å²) in [6.45, 7) is -0.394. The highest BCUT2D eigenvalue weighted by atomic mass is 16.5. The SMILES string of the molecule is O=c1[nH]c(=O)n([C@H]2C[C@H](O)[C@@H](CO)O2)cc1COc1cccc2ccccc12. The van der Waals surface area contributed by atoms with E-state index in [0.29, 0.717) is 5.75 Å². The van der Waals surface area contributed by atoms with Crippen LogP contribution in [0.5, 0.6) is 5.75 Å². The number of H-pyrrole nitrogens is 1. The molecule has 0 unspecified atom stereocenters. The van der Waals surface area contributed by atoms with E-state index in [1.165, 1.54) is 10.8 Å². The summed E-state index contributed by atoms with van der Waals surface area (Å²) in [6, 6.07) is 13.4. The maximum atomic E-state index is 12.2. The molecule has 3 N–H and O–H groups in total. The largest absolute Gasteiger partial charge is 0.488 e. The van der Waals surface area contributed by atoms with E-state index in [0.717, 1.165) is 10.8 Å². The van der Waals surface area contributed by atoms with Crippen molar-refractivity contribution in [1.82, 2.24) is 9.55 Å². The molecule has 4 rings (SSSR count). The highest BCUT2D eigenvalue weighted by molar-refractivity contribution is 5.88. The third-order valence-corrected chi connectivity index (χ3v) is 4.87. The molecule has 1 aromatic heterocycles. The van der Waals surface area contributed by atoms with Gasteiger partial charge in [0, 0.05) is 18.0 Å². The van der Waals surface area contributed by atoms with Crippen LogP contribution < -0.4 is 16.0 Å². The molecule has 0 amide bonds. The monoisotopic (exact) mass is 384 g/mol. The van der Waals surface area contributed by atoms with E-state index in [1.54, 1.807) is 0 Å². The van der Waals surface area contributed by atoms with E-state index in [2.05, 4.69) is 4.98 Å². The lowest BCUT2D eigenvalue weighted by atomic mass is 10.1. The lowest BCUT2D eigenvalue weighted by Crippen LogP contribution is -2.34. The minimum Gasteiger partial charge on any atom is -0.488 e. The topological polar surface area (TPSA) is 114 Å². The van der Waals surface area contributed by atoms with E-state index >= 15 is 0 Å². The number of hydrogen-bond acceptors (Lipinski definition) is 6. The Balaban J connectivity index is 1.60. The van der Waals surface area contributed by atoms with Gasteiger partial charge in [-0.3, -0.25) is 14.3 Å². The molecule has 0 aliphatic carbocycles. The van der Waals surface area contributed by atoms with Crippen LogP contribution in [0.3, 0.4) is 0 Å². The molecule has 0 spiro atoms. The van der Waals surface area contributed by atoms with Gasteiger partial charge in [0.2, 0.25) is 0 Å². The number of fused-ring (bicyclic) bond motifs is 1. The number of aliphatic hydroxyl groups excluding tert-OH is 2. The van der Waals surface area contributed by atoms with Crippen LogP contribution in [0.4, 0.5) is 0 Å². The van der Waals surface area contributed by atoms with Crippen molar-refractivity contribution in [3.63, 3.8) is 0 Å². The van der Waals surface area contributed by atoms with Gasteiger partial charge in [-0.05, 0) is 11.5 Å². The van der Waals surface area contributed by atoms with Gasteiger partial charge in [0.15, 0.2) is 0 Å². The number of aliphatic hydroxyl groups is 2. The fraction of sp³-hybridized carbons (Fsp3) is 0.300. The van der Waals surface area contributed by atoms with Crippen molar-refractivity contribution in [1.29, 1.82) is 0 Å². The molecule has 1 fully saturated rings. The number of aromatic amines is 1. The molecular formula is C20H20N2O6. The van der Waals surface area contributed by atoms with Gasteiger partial charge in [0.05, 0.1) is 18.3 Å². The third kappa shape index (κ3) is 3.45. The molecule has 2 aromatic carbocycles. The van der Waals surface area contributed by atoms with Crippen molar-refractivity contribution >= 4 is 10.8 Å². The molecule has 3 aromatic rings. The number of aromatic nitrogens is 2. The molecule has 0 radical (unpaired) electrons. The Hall–Kier alpha value is -2.94. The minimum atomic E-state index is -0.885. The van der Waals surface area contributed by atoms with Crippen LogP contribution in [-0.4, -0.2) is 38.6 Å². The van der Waals surface area contributed by atoms with Gasteiger partial charge in [-0.2, -0.15) is 0 Å². The summed E-state index contributed by atoms with van der Waals surface area (Å²) in [5.41, 5.74) is -0.938. The summed E-state index contributed by atoms with van der Waals surface area (Å²) in [5, 5.41) is 21.0. The molecule has 8 nitrogen and oxygen atoms in total. The second kappa shape index (κ2) is 7.59. The molecule has 0 bridgehead atoms. The van der Waals surface area contributed by atoms with E-state index in [4.69, 9.17) is 9.47 Å². The Morgan fingerprint density at radius 1 is 1.18 bits per heavy atom. The predicted molar refractivity (Wildman–Crippen MR) is 101 cm³/mol. The van der Waals surface area contributed by atoms with Gasteiger partial charge < -0.3 is 19.7 Å². The summed E-state index contributed by atoms with van der Waals surface area (Å²) < 4.78 is 12.6. The van der Waals surface area contributed by atoms with Crippen molar-refractivity contribution in [2.75, 3.05) is 6.61 Å². The Labute approximate surface area is 159 Å². The van der Waals surface area contributed by atoms with Crippen LogP contribution in [0.15, 0.2) is 58.3 Å². The predicted octanol–water partition coefficient (Wildman–Crippen LogP) is 0.909. The Kier molecular flexibility index (Phi) is 4.99. The Morgan fingerprint density at radius 3 is 2.75 bits per heavy atom. The first-order valence-electron chi connectivity index (χ1n) is 8.96. The molecule has 3 atom stereocenters. The van der Waals surface area contributed by atoms with Crippen LogP contribution in [0, 0.1) is 0 Å². The van der Waals surface area contributed by atoms with Crippen LogP contribution in [0.1, 0.15) is 18.2 Å². The van der Waals surface area contributed by atoms with Crippen molar-refractivity contribution in [2.24, 2.45) is 0 Å². The van der Waals surface area contributed by atoms with Crippen molar-refractivity contribution in [2.45, 2.75) is 31.5 Å². The zero-order chi connectivity index (χ0) is 19.7. The van der Waals surface area contributed by atoms with Gasteiger partial charge in [-0.1, -0.05) is 36.4 Å². The smallest absolute Gasteiger partial charge is 0.330 e. The fourth-order valence-corrected chi connectivity index (χ4v) is 3.37. The maximum Gasteiger partial charge on any atom is 0.330 e. The average molecular weight is 384 g/mol. The van der Waals surface area contributed by atoms with Gasteiger partial charge in [-0.25, -0.2) is 4.79 Å². The number of ether oxygens (including phenoxy) is 2. The van der Waals surface area contributed by atoms with Crippen molar-refractivity contribution in [3.8, 4) is 5.75 Å². The summed E-state index contributed by atoms with van der Waals surface area (Å²) in [6.07, 6.45) is -0.902. The van der Waals surface area contributed by atoms with Crippen LogP contribution in [0.2, 0.25) is 0 Å². The molecule has 2 heterocycles. The van der Waals surface area contributed by atoms with Gasteiger partial charge >= 0.3 is 5.69 Å². The second-order valence-electron chi connectivity index (χ2n) is 6.70. The second-order valence-corrected chi connectivity index (χ2v) is 6.70. The van der Waals surface area contributed by atoms with E-state index in [9.17, 15) is 19.8 Å². The first-order valence-corrected chi connectivity index (χ1v) is 8.96. The van der Waals surface area contributed by atoms with Crippen molar-refractivity contribution < 1.29 is 19.7 Å². The minimum absolute atomic E-state index is 0.0394. The molecule has 1 aliphatic rings.